The summed E-state index contributed by atoms with van der Waals surface area (Å²) in [6.45, 7) is -0.0981. The summed E-state index contributed by atoms with van der Waals surface area (Å²) in [5.74, 6) is -1.55. The number of hydrogen-bond acceptors (Lipinski definition) is 6. The maximum atomic E-state index is 11.7. The summed E-state index contributed by atoms with van der Waals surface area (Å²) in [5, 5.41) is 14.7. The van der Waals surface area contributed by atoms with E-state index in [9.17, 15) is 21.6 Å². The first kappa shape index (κ1) is 16.0. The molecule has 1 aromatic rings. The first-order valence-corrected chi connectivity index (χ1v) is 9.01. The molecule has 0 unspecified atom stereocenters. The predicted octanol–water partition coefficient (Wildman–Crippen LogP) is -0.597. The molecule has 8 nitrogen and oxygen atoms in total. The lowest BCUT2D eigenvalue weighted by Gasteiger charge is -2.03. The van der Waals surface area contributed by atoms with Gasteiger partial charge in [0, 0.05) is 11.9 Å². The van der Waals surface area contributed by atoms with E-state index < -0.39 is 26.0 Å². The van der Waals surface area contributed by atoms with E-state index in [1.54, 1.807) is 0 Å². The number of hydrogen-bond donors (Lipinski definition) is 3. The van der Waals surface area contributed by atoms with Crippen LogP contribution in [0.2, 0.25) is 0 Å². The van der Waals surface area contributed by atoms with E-state index in [4.69, 9.17) is 10.2 Å². The highest BCUT2D eigenvalue weighted by Crippen LogP contribution is 2.19. The lowest BCUT2D eigenvalue weighted by molar-refractivity contribution is 0.0697. The Hall–Kier alpha value is -1.01. The molecule has 0 aliphatic heterocycles. The standard InChI is InChI=1S/C8H12N2O6S3/c9-18(13,14)3-1-2-10-19(15,16)7-4-6(5-17-7)8(11)12/h4-5,10H,1-3H2,(H,11,12)(H2,9,13,14). The number of primary sulfonamides is 1. The van der Waals surface area contributed by atoms with E-state index in [0.29, 0.717) is 0 Å². The van der Waals surface area contributed by atoms with Gasteiger partial charge < -0.3 is 5.11 Å². The topological polar surface area (TPSA) is 144 Å². The van der Waals surface area contributed by atoms with Crippen LogP contribution in [0.15, 0.2) is 15.7 Å². The van der Waals surface area contributed by atoms with Crippen LogP contribution in [0, 0.1) is 0 Å². The molecule has 0 bridgehead atoms. The minimum atomic E-state index is -3.82. The molecule has 0 aliphatic rings. The second-order valence-electron chi connectivity index (χ2n) is 3.58. The van der Waals surface area contributed by atoms with Crippen LogP contribution in [-0.4, -0.2) is 40.2 Å². The van der Waals surface area contributed by atoms with Gasteiger partial charge >= 0.3 is 5.97 Å². The van der Waals surface area contributed by atoms with Crippen molar-refractivity contribution in [1.29, 1.82) is 0 Å². The largest absolute Gasteiger partial charge is 0.478 e. The lowest BCUT2D eigenvalue weighted by Crippen LogP contribution is -2.27. The van der Waals surface area contributed by atoms with Crippen LogP contribution in [-0.2, 0) is 20.0 Å². The summed E-state index contributed by atoms with van der Waals surface area (Å²) in [4.78, 5) is 10.6. The molecule has 0 saturated carbocycles. The van der Waals surface area contributed by atoms with Crippen LogP contribution in [0.4, 0.5) is 0 Å². The molecule has 1 rings (SSSR count). The molecule has 4 N–H and O–H groups in total. The van der Waals surface area contributed by atoms with Crippen molar-refractivity contribution in [3.8, 4) is 0 Å². The van der Waals surface area contributed by atoms with Gasteiger partial charge in [-0.15, -0.1) is 11.3 Å². The number of thiophene rings is 1. The third-order valence-electron chi connectivity index (χ3n) is 1.98. The molecular formula is C8H12N2O6S3. The van der Waals surface area contributed by atoms with Crippen molar-refractivity contribution >= 4 is 37.4 Å². The van der Waals surface area contributed by atoms with Crippen molar-refractivity contribution < 1.29 is 26.7 Å². The van der Waals surface area contributed by atoms with Gasteiger partial charge in [-0.05, 0) is 12.5 Å². The zero-order chi connectivity index (χ0) is 14.7. The Balaban J connectivity index is 2.63. The van der Waals surface area contributed by atoms with Crippen LogP contribution in [0.5, 0.6) is 0 Å². The predicted molar refractivity (Wildman–Crippen MR) is 69.1 cm³/mol. The third-order valence-corrected chi connectivity index (χ3v) is 5.74. The van der Waals surface area contributed by atoms with Gasteiger partial charge in [-0.1, -0.05) is 0 Å². The summed E-state index contributed by atoms with van der Waals surface area (Å²) >= 11 is 0.774. The van der Waals surface area contributed by atoms with Gasteiger partial charge in [0.05, 0.1) is 11.3 Å². The summed E-state index contributed by atoms with van der Waals surface area (Å²) < 4.78 is 46.8. The SMILES string of the molecule is NS(=O)(=O)CCCNS(=O)(=O)c1cc(C(=O)O)cs1. The number of carboxylic acid groups (broad SMARTS) is 1. The number of carbonyl (C=O) groups is 1. The lowest BCUT2D eigenvalue weighted by atomic mass is 10.4. The molecule has 0 radical (unpaired) electrons. The molecule has 1 aromatic heterocycles. The van der Waals surface area contributed by atoms with Gasteiger partial charge in [-0.3, -0.25) is 0 Å². The number of sulfonamides is 2. The average Bonchev–Trinajstić information content (AvgIpc) is 2.73. The van der Waals surface area contributed by atoms with E-state index in [0.717, 1.165) is 17.4 Å². The Bertz CT molecular complexity index is 660. The molecule has 0 aromatic carbocycles. The molecule has 0 atom stereocenters. The van der Waals surface area contributed by atoms with Crippen LogP contribution in [0.25, 0.3) is 0 Å². The second-order valence-corrected chi connectivity index (χ2v) is 8.22. The van der Waals surface area contributed by atoms with E-state index in [1.165, 1.54) is 5.38 Å². The average molecular weight is 328 g/mol. The highest BCUT2D eigenvalue weighted by molar-refractivity contribution is 7.91. The third kappa shape index (κ3) is 5.24. The van der Waals surface area contributed by atoms with Crippen molar-refractivity contribution in [1.82, 2.24) is 4.72 Å². The summed E-state index contributed by atoms with van der Waals surface area (Å²) in [6.07, 6.45) is 0.0369. The van der Waals surface area contributed by atoms with Gasteiger partial charge in [-0.2, -0.15) is 0 Å². The maximum Gasteiger partial charge on any atom is 0.336 e. The molecule has 19 heavy (non-hydrogen) atoms. The fraction of sp³-hybridized carbons (Fsp3) is 0.375. The number of rotatable bonds is 7. The Morgan fingerprint density at radius 1 is 1.37 bits per heavy atom. The highest BCUT2D eigenvalue weighted by Gasteiger charge is 2.18. The van der Waals surface area contributed by atoms with E-state index >= 15 is 0 Å². The van der Waals surface area contributed by atoms with Gasteiger partial charge in [-0.25, -0.2) is 31.5 Å². The smallest absolute Gasteiger partial charge is 0.336 e. The summed E-state index contributed by atoms with van der Waals surface area (Å²) in [7, 11) is -7.44. The van der Waals surface area contributed by atoms with Crippen molar-refractivity contribution in [3.05, 3.63) is 17.0 Å². The Morgan fingerprint density at radius 3 is 2.47 bits per heavy atom. The van der Waals surface area contributed by atoms with Crippen LogP contribution in [0.3, 0.4) is 0 Å². The van der Waals surface area contributed by atoms with Gasteiger partial charge in [0.25, 0.3) is 0 Å². The van der Waals surface area contributed by atoms with Crippen molar-refractivity contribution in [2.75, 3.05) is 12.3 Å². The summed E-state index contributed by atoms with van der Waals surface area (Å²) in [5.41, 5.74) is -0.116. The Labute approximate surface area is 114 Å². The van der Waals surface area contributed by atoms with E-state index in [-0.39, 0.29) is 28.5 Å². The molecule has 0 saturated heterocycles. The fourth-order valence-electron chi connectivity index (χ4n) is 1.12. The number of nitrogens with one attached hydrogen (secondary N) is 1. The first-order valence-electron chi connectivity index (χ1n) is 4.94. The zero-order valence-corrected chi connectivity index (χ0v) is 12.0. The van der Waals surface area contributed by atoms with E-state index in [1.807, 2.05) is 0 Å². The second kappa shape index (κ2) is 5.96. The quantitative estimate of drug-likeness (QED) is 0.570. The number of carboxylic acids is 1. The van der Waals surface area contributed by atoms with Gasteiger partial charge in [0.15, 0.2) is 0 Å². The van der Waals surface area contributed by atoms with Gasteiger partial charge in [0.1, 0.15) is 4.21 Å². The Kier molecular flexibility index (Phi) is 5.04. The molecule has 1 heterocycles. The number of nitrogens with two attached hydrogens (primary N) is 1. The van der Waals surface area contributed by atoms with E-state index in [2.05, 4.69) is 4.72 Å². The monoisotopic (exact) mass is 328 g/mol. The fourth-order valence-corrected chi connectivity index (χ4v) is 3.94. The molecule has 0 aliphatic carbocycles. The maximum absolute atomic E-state index is 11.7. The van der Waals surface area contributed by atoms with Crippen LogP contribution >= 0.6 is 11.3 Å². The normalized spacial score (nSPS) is 12.5. The molecule has 0 fully saturated rings. The molecule has 0 spiro atoms. The zero-order valence-electron chi connectivity index (χ0n) is 9.57. The molecule has 11 heteroatoms. The van der Waals surface area contributed by atoms with Crippen LogP contribution < -0.4 is 9.86 Å². The minimum absolute atomic E-state index is 0.0369. The van der Waals surface area contributed by atoms with Crippen LogP contribution in [0.1, 0.15) is 16.8 Å². The molecular weight excluding hydrogens is 316 g/mol. The molecule has 0 amide bonds. The Morgan fingerprint density at radius 2 is 2.00 bits per heavy atom. The summed E-state index contributed by atoms with van der Waals surface area (Å²) in [6, 6.07) is 1.04. The minimum Gasteiger partial charge on any atom is -0.478 e. The first-order chi connectivity index (χ1) is 8.62. The van der Waals surface area contributed by atoms with Crippen molar-refractivity contribution in [3.63, 3.8) is 0 Å². The van der Waals surface area contributed by atoms with Crippen molar-refractivity contribution in [2.45, 2.75) is 10.6 Å². The molecule has 108 valence electrons. The van der Waals surface area contributed by atoms with Gasteiger partial charge in [0.2, 0.25) is 20.0 Å². The number of aromatic carboxylic acids is 1. The van der Waals surface area contributed by atoms with Crippen molar-refractivity contribution in [2.24, 2.45) is 5.14 Å². The highest BCUT2D eigenvalue weighted by atomic mass is 32.2.